The van der Waals surface area contributed by atoms with Crippen LogP contribution in [0.3, 0.4) is 0 Å². The lowest BCUT2D eigenvalue weighted by molar-refractivity contribution is 0.684. The average Bonchev–Trinajstić information content (AvgIpc) is 2.19. The molecule has 66 valence electrons. The van der Waals surface area contributed by atoms with Crippen molar-refractivity contribution in [1.29, 1.82) is 0 Å². The van der Waals surface area contributed by atoms with Crippen LogP contribution in [-0.4, -0.2) is 4.98 Å². The van der Waals surface area contributed by atoms with Crippen molar-refractivity contribution in [2.45, 2.75) is 25.7 Å². The average molecular weight is 193 g/mol. The molecule has 0 fully saturated rings. The second kappa shape index (κ2) is 3.35. The number of nitrogens with zero attached hydrogens (tertiary/aromatic N) is 2. The molecule has 1 aromatic heterocycles. The fourth-order valence-electron chi connectivity index (χ4n) is 1.79. The number of rotatable bonds is 0. The molecule has 1 aliphatic carbocycles. The zero-order valence-corrected chi connectivity index (χ0v) is 7.93. The molecule has 2 rings (SSSR count). The molecule has 0 spiro atoms. The highest BCUT2D eigenvalue weighted by Crippen LogP contribution is 2.32. The van der Waals surface area contributed by atoms with E-state index in [2.05, 4.69) is 9.83 Å². The molecule has 0 unspecified atom stereocenters. The fourth-order valence-corrected chi connectivity index (χ4v) is 2.04. The Hall–Kier alpha value is -1.07. The molecular weight excluding hydrogens is 184 g/mol. The Labute approximate surface area is 82.4 Å². The summed E-state index contributed by atoms with van der Waals surface area (Å²) >= 11 is 5.96. The third kappa shape index (κ3) is 1.40. The SMILES string of the molecule is [C-]#[N+]c1cnc(Cl)c2c1CCCC2. The quantitative estimate of drug-likeness (QED) is 0.456. The van der Waals surface area contributed by atoms with E-state index in [1.54, 1.807) is 6.20 Å². The summed E-state index contributed by atoms with van der Waals surface area (Å²) in [5.41, 5.74) is 2.90. The zero-order chi connectivity index (χ0) is 9.26. The van der Waals surface area contributed by atoms with Gasteiger partial charge in [0.05, 0.1) is 6.57 Å². The van der Waals surface area contributed by atoms with Gasteiger partial charge in [-0.2, -0.15) is 0 Å². The molecule has 0 aliphatic heterocycles. The summed E-state index contributed by atoms with van der Waals surface area (Å²) in [7, 11) is 0. The van der Waals surface area contributed by atoms with Crippen molar-refractivity contribution in [3.8, 4) is 0 Å². The molecule has 0 bridgehead atoms. The van der Waals surface area contributed by atoms with E-state index >= 15 is 0 Å². The van der Waals surface area contributed by atoms with E-state index in [0.29, 0.717) is 10.8 Å². The van der Waals surface area contributed by atoms with Gasteiger partial charge < -0.3 is 0 Å². The number of hydrogen-bond acceptors (Lipinski definition) is 1. The molecule has 0 saturated heterocycles. The molecule has 0 atom stereocenters. The Morgan fingerprint density at radius 1 is 1.31 bits per heavy atom. The van der Waals surface area contributed by atoms with Crippen LogP contribution in [0, 0.1) is 6.57 Å². The molecular formula is C10H9ClN2. The van der Waals surface area contributed by atoms with Gasteiger partial charge in [-0.05, 0) is 30.4 Å². The minimum absolute atomic E-state index is 0.585. The van der Waals surface area contributed by atoms with E-state index < -0.39 is 0 Å². The smallest absolute Gasteiger partial charge is 0.208 e. The summed E-state index contributed by atoms with van der Waals surface area (Å²) < 4.78 is 0. The van der Waals surface area contributed by atoms with Crippen molar-refractivity contribution < 1.29 is 0 Å². The highest BCUT2D eigenvalue weighted by molar-refractivity contribution is 6.30. The Morgan fingerprint density at radius 3 is 2.69 bits per heavy atom. The van der Waals surface area contributed by atoms with Gasteiger partial charge in [0.2, 0.25) is 5.69 Å². The maximum absolute atomic E-state index is 7.00. The van der Waals surface area contributed by atoms with E-state index in [1.807, 2.05) is 0 Å². The van der Waals surface area contributed by atoms with E-state index in [1.165, 1.54) is 0 Å². The maximum atomic E-state index is 7.00. The largest absolute Gasteiger partial charge is 0.256 e. The van der Waals surface area contributed by atoms with Crippen molar-refractivity contribution in [1.82, 2.24) is 4.98 Å². The molecule has 0 amide bonds. The lowest BCUT2D eigenvalue weighted by Crippen LogP contribution is -2.04. The molecule has 2 nitrogen and oxygen atoms in total. The van der Waals surface area contributed by atoms with E-state index in [-0.39, 0.29) is 0 Å². The molecule has 0 N–H and O–H groups in total. The van der Waals surface area contributed by atoms with Crippen LogP contribution in [-0.2, 0) is 12.8 Å². The van der Waals surface area contributed by atoms with Gasteiger partial charge in [-0.15, -0.1) is 0 Å². The highest BCUT2D eigenvalue weighted by Gasteiger charge is 2.16. The number of aromatic nitrogens is 1. The fraction of sp³-hybridized carbons (Fsp3) is 0.400. The summed E-state index contributed by atoms with van der Waals surface area (Å²) in [5, 5.41) is 0.585. The number of fused-ring (bicyclic) bond motifs is 1. The third-order valence-electron chi connectivity index (χ3n) is 2.45. The first kappa shape index (κ1) is 8.52. The van der Waals surface area contributed by atoms with E-state index in [0.717, 1.165) is 36.8 Å². The van der Waals surface area contributed by atoms with Crippen molar-refractivity contribution >= 4 is 17.3 Å². The Balaban J connectivity index is 2.61. The van der Waals surface area contributed by atoms with Crippen LogP contribution >= 0.6 is 11.6 Å². The van der Waals surface area contributed by atoms with Gasteiger partial charge >= 0.3 is 0 Å². The molecule has 0 radical (unpaired) electrons. The van der Waals surface area contributed by atoms with Gasteiger partial charge in [0.15, 0.2) is 0 Å². The molecule has 13 heavy (non-hydrogen) atoms. The Bertz CT molecular complexity index is 379. The Kier molecular flexibility index (Phi) is 2.20. The molecule has 0 aromatic carbocycles. The number of pyridine rings is 1. The van der Waals surface area contributed by atoms with Crippen LogP contribution in [0.1, 0.15) is 24.0 Å². The summed E-state index contributed by atoms with van der Waals surface area (Å²) in [4.78, 5) is 7.47. The maximum Gasteiger partial charge on any atom is 0.208 e. The van der Waals surface area contributed by atoms with Crippen LogP contribution in [0.25, 0.3) is 4.85 Å². The van der Waals surface area contributed by atoms with Crippen molar-refractivity contribution in [3.05, 3.63) is 33.9 Å². The van der Waals surface area contributed by atoms with Crippen molar-refractivity contribution in [2.24, 2.45) is 0 Å². The first-order chi connectivity index (χ1) is 6.33. The first-order valence-electron chi connectivity index (χ1n) is 4.36. The predicted octanol–water partition coefficient (Wildman–Crippen LogP) is 3.16. The van der Waals surface area contributed by atoms with Crippen LogP contribution in [0.2, 0.25) is 5.15 Å². The minimum Gasteiger partial charge on any atom is -0.256 e. The summed E-state index contributed by atoms with van der Waals surface area (Å²) in [6.07, 6.45) is 5.87. The first-order valence-corrected chi connectivity index (χ1v) is 4.74. The normalized spacial score (nSPS) is 14.8. The lowest BCUT2D eigenvalue weighted by Gasteiger charge is -2.17. The van der Waals surface area contributed by atoms with Gasteiger partial charge in [0.1, 0.15) is 5.15 Å². The van der Waals surface area contributed by atoms with E-state index in [9.17, 15) is 0 Å². The molecule has 3 heteroatoms. The summed E-state index contributed by atoms with van der Waals surface area (Å²) in [5.74, 6) is 0. The number of halogens is 1. The molecule has 1 aromatic rings. The molecule has 1 heterocycles. The van der Waals surface area contributed by atoms with Crippen LogP contribution < -0.4 is 0 Å². The second-order valence-corrected chi connectivity index (χ2v) is 3.57. The van der Waals surface area contributed by atoms with Gasteiger partial charge in [0, 0.05) is 6.20 Å². The van der Waals surface area contributed by atoms with Gasteiger partial charge in [-0.25, -0.2) is 4.85 Å². The van der Waals surface area contributed by atoms with Crippen molar-refractivity contribution in [3.63, 3.8) is 0 Å². The van der Waals surface area contributed by atoms with Crippen LogP contribution in [0.4, 0.5) is 5.69 Å². The van der Waals surface area contributed by atoms with Crippen molar-refractivity contribution in [2.75, 3.05) is 0 Å². The predicted molar refractivity (Wildman–Crippen MR) is 52.2 cm³/mol. The van der Waals surface area contributed by atoms with Gasteiger partial charge in [-0.1, -0.05) is 18.0 Å². The van der Waals surface area contributed by atoms with Gasteiger partial charge in [0.25, 0.3) is 0 Å². The lowest BCUT2D eigenvalue weighted by atomic mass is 9.92. The standard InChI is InChI=1S/C10H9ClN2/c1-12-9-6-13-10(11)8-5-3-2-4-7(8)9/h6H,2-5H2. The summed E-state index contributed by atoms with van der Waals surface area (Å²) in [6.45, 7) is 7.00. The van der Waals surface area contributed by atoms with Crippen LogP contribution in [0.5, 0.6) is 0 Å². The minimum atomic E-state index is 0.585. The van der Waals surface area contributed by atoms with E-state index in [4.69, 9.17) is 18.2 Å². The third-order valence-corrected chi connectivity index (χ3v) is 2.77. The monoisotopic (exact) mass is 192 g/mol. The van der Waals surface area contributed by atoms with Gasteiger partial charge in [-0.3, -0.25) is 4.98 Å². The molecule has 1 aliphatic rings. The topological polar surface area (TPSA) is 17.2 Å². The zero-order valence-electron chi connectivity index (χ0n) is 7.18. The Morgan fingerprint density at radius 2 is 2.00 bits per heavy atom. The second-order valence-electron chi connectivity index (χ2n) is 3.21. The highest BCUT2D eigenvalue weighted by atomic mass is 35.5. The number of hydrogen-bond donors (Lipinski definition) is 0. The summed E-state index contributed by atoms with van der Waals surface area (Å²) in [6, 6.07) is 0. The molecule has 0 saturated carbocycles. The van der Waals surface area contributed by atoms with Crippen LogP contribution in [0.15, 0.2) is 6.20 Å².